The Kier molecular flexibility index (Phi) is 3.88. The van der Waals surface area contributed by atoms with Crippen LogP contribution >= 0.6 is 0 Å². The Morgan fingerprint density at radius 1 is 1.39 bits per heavy atom. The third-order valence-electron chi connectivity index (χ3n) is 2.45. The van der Waals surface area contributed by atoms with Crippen molar-refractivity contribution in [3.05, 3.63) is 30.0 Å². The van der Waals surface area contributed by atoms with E-state index in [0.717, 1.165) is 24.5 Å². The molecule has 96 valence electrons. The summed E-state index contributed by atoms with van der Waals surface area (Å²) in [5, 5.41) is 3.22. The number of hydrogen-bond donors (Lipinski definition) is 1. The van der Waals surface area contributed by atoms with Gasteiger partial charge >= 0.3 is 0 Å². The minimum absolute atomic E-state index is 0.555. The molecular formula is C12H17N5O. The van der Waals surface area contributed by atoms with Crippen molar-refractivity contribution < 1.29 is 4.74 Å². The summed E-state index contributed by atoms with van der Waals surface area (Å²) >= 11 is 0. The second kappa shape index (κ2) is 5.59. The molecule has 2 aromatic rings. The van der Waals surface area contributed by atoms with Crippen LogP contribution in [0.2, 0.25) is 0 Å². The van der Waals surface area contributed by atoms with Crippen molar-refractivity contribution in [2.24, 2.45) is 0 Å². The van der Waals surface area contributed by atoms with Crippen molar-refractivity contribution in [3.8, 4) is 11.8 Å². The maximum absolute atomic E-state index is 5.13. The van der Waals surface area contributed by atoms with Crippen molar-refractivity contribution in [1.82, 2.24) is 24.8 Å². The Hall–Kier alpha value is -1.95. The van der Waals surface area contributed by atoms with E-state index in [1.807, 2.05) is 13.1 Å². The number of imidazole rings is 1. The summed E-state index contributed by atoms with van der Waals surface area (Å²) in [6.45, 7) is 5.63. The lowest BCUT2D eigenvalue weighted by molar-refractivity contribution is 0.395. The fraction of sp³-hybridized carbons (Fsp3) is 0.417. The summed E-state index contributed by atoms with van der Waals surface area (Å²) in [4.78, 5) is 12.9. The quantitative estimate of drug-likeness (QED) is 0.856. The molecule has 6 heteroatoms. The van der Waals surface area contributed by atoms with Gasteiger partial charge in [-0.25, -0.2) is 9.97 Å². The highest BCUT2D eigenvalue weighted by atomic mass is 16.5. The summed E-state index contributed by atoms with van der Waals surface area (Å²) in [5.74, 6) is 1.13. The first-order valence-corrected chi connectivity index (χ1v) is 5.86. The third-order valence-corrected chi connectivity index (χ3v) is 2.45. The molecule has 18 heavy (non-hydrogen) atoms. The Bertz CT molecular complexity index is 523. The highest BCUT2D eigenvalue weighted by Gasteiger charge is 2.06. The van der Waals surface area contributed by atoms with E-state index in [2.05, 4.69) is 27.2 Å². The van der Waals surface area contributed by atoms with Crippen LogP contribution in [0.5, 0.6) is 5.88 Å². The van der Waals surface area contributed by atoms with Crippen LogP contribution in [0.1, 0.15) is 18.3 Å². The average molecular weight is 247 g/mol. The smallest absolute Gasteiger partial charge is 0.238 e. The Morgan fingerprint density at radius 3 is 2.94 bits per heavy atom. The van der Waals surface area contributed by atoms with Gasteiger partial charge in [-0.15, -0.1) is 0 Å². The monoisotopic (exact) mass is 247 g/mol. The largest absolute Gasteiger partial charge is 0.481 e. The van der Waals surface area contributed by atoms with Crippen LogP contribution in [-0.4, -0.2) is 33.2 Å². The second-order valence-corrected chi connectivity index (χ2v) is 3.90. The lowest BCUT2D eigenvalue weighted by Crippen LogP contribution is -2.11. The Balaban J connectivity index is 2.25. The normalized spacial score (nSPS) is 10.6. The lowest BCUT2D eigenvalue weighted by Gasteiger charge is -2.04. The minimum Gasteiger partial charge on any atom is -0.481 e. The van der Waals surface area contributed by atoms with E-state index in [0.29, 0.717) is 11.8 Å². The van der Waals surface area contributed by atoms with Crippen LogP contribution in [0.25, 0.3) is 5.95 Å². The van der Waals surface area contributed by atoms with Crippen molar-refractivity contribution in [2.75, 3.05) is 13.7 Å². The zero-order valence-corrected chi connectivity index (χ0v) is 10.8. The molecular weight excluding hydrogens is 230 g/mol. The molecule has 0 atom stereocenters. The maximum Gasteiger partial charge on any atom is 0.238 e. The molecule has 0 saturated heterocycles. The zero-order chi connectivity index (χ0) is 13.0. The molecule has 2 rings (SSSR count). The molecule has 0 bridgehead atoms. The van der Waals surface area contributed by atoms with Crippen molar-refractivity contribution in [2.45, 2.75) is 20.4 Å². The van der Waals surface area contributed by atoms with E-state index in [1.54, 1.807) is 24.1 Å². The number of aromatic nitrogens is 4. The summed E-state index contributed by atoms with van der Waals surface area (Å²) in [6, 6.07) is 1.79. The van der Waals surface area contributed by atoms with Gasteiger partial charge in [-0.1, -0.05) is 6.92 Å². The van der Waals surface area contributed by atoms with Crippen LogP contribution in [0.15, 0.2) is 18.6 Å². The number of methoxy groups -OCH3 is 1. The number of ether oxygens (including phenoxy) is 1. The van der Waals surface area contributed by atoms with E-state index < -0.39 is 0 Å². The Morgan fingerprint density at radius 2 is 2.22 bits per heavy atom. The summed E-state index contributed by atoms with van der Waals surface area (Å²) < 4.78 is 6.93. The number of hydrogen-bond acceptors (Lipinski definition) is 5. The van der Waals surface area contributed by atoms with Crippen LogP contribution in [-0.2, 0) is 6.54 Å². The van der Waals surface area contributed by atoms with E-state index in [-0.39, 0.29) is 0 Å². The van der Waals surface area contributed by atoms with E-state index in [4.69, 9.17) is 4.74 Å². The van der Waals surface area contributed by atoms with Crippen LogP contribution in [0.3, 0.4) is 0 Å². The predicted molar refractivity (Wildman–Crippen MR) is 67.8 cm³/mol. The first kappa shape index (κ1) is 12.5. The summed E-state index contributed by atoms with van der Waals surface area (Å²) in [6.07, 6.45) is 3.62. The molecule has 0 unspecified atom stereocenters. The highest BCUT2D eigenvalue weighted by molar-refractivity contribution is 5.23. The molecule has 0 radical (unpaired) electrons. The summed E-state index contributed by atoms with van der Waals surface area (Å²) in [5.41, 5.74) is 1.82. The Labute approximate surface area is 106 Å². The molecule has 2 aromatic heterocycles. The van der Waals surface area contributed by atoms with E-state index in [9.17, 15) is 0 Å². The number of nitrogens with zero attached hydrogens (tertiary/aromatic N) is 4. The number of aryl methyl sites for hydroxylation is 1. The molecule has 0 aliphatic heterocycles. The fourth-order valence-electron chi connectivity index (χ4n) is 1.56. The molecule has 2 heterocycles. The molecule has 0 aliphatic rings. The van der Waals surface area contributed by atoms with Gasteiger partial charge in [0.1, 0.15) is 6.33 Å². The van der Waals surface area contributed by atoms with Gasteiger partial charge in [-0.2, -0.15) is 4.98 Å². The predicted octanol–water partition coefficient (Wildman–Crippen LogP) is 1.09. The first-order valence-electron chi connectivity index (χ1n) is 5.86. The molecule has 0 saturated carbocycles. The molecule has 0 spiro atoms. The zero-order valence-electron chi connectivity index (χ0n) is 10.8. The third kappa shape index (κ3) is 2.84. The van der Waals surface area contributed by atoms with E-state index >= 15 is 0 Å². The fourth-order valence-corrected chi connectivity index (χ4v) is 1.56. The second-order valence-electron chi connectivity index (χ2n) is 3.90. The molecule has 0 aromatic carbocycles. The molecule has 0 fully saturated rings. The van der Waals surface area contributed by atoms with E-state index in [1.165, 1.54) is 0 Å². The topological polar surface area (TPSA) is 64.9 Å². The van der Waals surface area contributed by atoms with Crippen molar-refractivity contribution in [1.29, 1.82) is 0 Å². The maximum atomic E-state index is 5.13. The standard InChI is InChI=1S/C12H17N5O/c1-4-13-6-10-7-17(8-14-10)12-15-9(2)5-11(16-12)18-3/h5,7-8,13H,4,6H2,1-3H3. The van der Waals surface area contributed by atoms with Crippen LogP contribution in [0.4, 0.5) is 0 Å². The number of rotatable bonds is 5. The first-order chi connectivity index (χ1) is 8.72. The number of nitrogens with one attached hydrogen (secondary N) is 1. The van der Waals surface area contributed by atoms with Gasteiger partial charge in [-0.05, 0) is 13.5 Å². The van der Waals surface area contributed by atoms with Crippen molar-refractivity contribution >= 4 is 0 Å². The molecule has 1 N–H and O–H groups in total. The minimum atomic E-state index is 0.555. The van der Waals surface area contributed by atoms with Crippen LogP contribution in [0, 0.1) is 6.92 Å². The van der Waals surface area contributed by atoms with Crippen LogP contribution < -0.4 is 10.1 Å². The van der Waals surface area contributed by atoms with Crippen molar-refractivity contribution in [3.63, 3.8) is 0 Å². The summed E-state index contributed by atoms with van der Waals surface area (Å²) in [7, 11) is 1.59. The molecule has 6 nitrogen and oxygen atoms in total. The SMILES string of the molecule is CCNCc1cn(-c2nc(C)cc(OC)n2)cn1. The molecule has 0 amide bonds. The highest BCUT2D eigenvalue weighted by Crippen LogP contribution is 2.11. The van der Waals surface area contributed by atoms with Gasteiger partial charge < -0.3 is 10.1 Å². The average Bonchev–Trinajstić information content (AvgIpc) is 2.84. The van der Waals surface area contributed by atoms with Gasteiger partial charge in [0.25, 0.3) is 0 Å². The van der Waals surface area contributed by atoms with Gasteiger partial charge in [0.15, 0.2) is 0 Å². The van der Waals surface area contributed by atoms with Gasteiger partial charge in [-0.3, -0.25) is 4.57 Å². The van der Waals surface area contributed by atoms with Gasteiger partial charge in [0.05, 0.1) is 12.8 Å². The van der Waals surface area contributed by atoms with Gasteiger partial charge in [0.2, 0.25) is 11.8 Å². The van der Waals surface area contributed by atoms with Gasteiger partial charge in [0, 0.05) is 24.5 Å². The lowest BCUT2D eigenvalue weighted by atomic mass is 10.4. The molecule has 0 aliphatic carbocycles.